The standard InChI is InChI=1S/C28H32F4N4O3S/c1-35-27-22(15-33-35)13-21(14-25(27)29)20-7-9-24(10-8-20)39-18-23-17-36(16-19-5-3-2-4-6-19)12-11-26(23)34-40(37,38)28(30,31)32/h2-7,13-15,23-24,26,34H,8-12,16-18H2,1H3/t23-,24?,26-/m0/s1. The molecule has 1 fully saturated rings. The van der Waals surface area contributed by atoms with E-state index < -0.39 is 27.5 Å². The minimum Gasteiger partial charge on any atom is -0.377 e. The normalized spacial score (nSPS) is 22.9. The number of aromatic nitrogens is 2. The number of benzene rings is 2. The second kappa shape index (κ2) is 11.6. The highest BCUT2D eigenvalue weighted by atomic mass is 32.2. The second-order valence-corrected chi connectivity index (χ2v) is 12.3. The van der Waals surface area contributed by atoms with Crippen LogP contribution in [0, 0.1) is 11.7 Å². The molecule has 3 atom stereocenters. The van der Waals surface area contributed by atoms with Gasteiger partial charge in [-0.15, -0.1) is 0 Å². The fourth-order valence-corrected chi connectivity index (χ4v) is 6.46. The molecule has 0 saturated carbocycles. The molecule has 1 unspecified atom stereocenters. The molecule has 40 heavy (non-hydrogen) atoms. The third kappa shape index (κ3) is 6.40. The minimum atomic E-state index is -5.48. The minimum absolute atomic E-state index is 0.125. The van der Waals surface area contributed by atoms with Crippen LogP contribution in [0.5, 0.6) is 0 Å². The van der Waals surface area contributed by atoms with E-state index in [0.717, 1.165) is 22.1 Å². The van der Waals surface area contributed by atoms with Crippen molar-refractivity contribution in [3.8, 4) is 0 Å². The number of alkyl halides is 3. The van der Waals surface area contributed by atoms with Gasteiger partial charge in [0.2, 0.25) is 0 Å². The molecule has 2 aliphatic rings. The summed E-state index contributed by atoms with van der Waals surface area (Å²) in [6, 6.07) is 12.3. The lowest BCUT2D eigenvalue weighted by atomic mass is 9.90. The zero-order valence-corrected chi connectivity index (χ0v) is 22.9. The van der Waals surface area contributed by atoms with Gasteiger partial charge in [0.05, 0.1) is 18.9 Å². The highest BCUT2D eigenvalue weighted by Gasteiger charge is 2.48. The van der Waals surface area contributed by atoms with E-state index in [1.807, 2.05) is 47.2 Å². The Kier molecular flexibility index (Phi) is 8.32. The van der Waals surface area contributed by atoms with Crippen LogP contribution in [-0.4, -0.2) is 60.4 Å². The molecule has 1 aromatic heterocycles. The number of hydrogen-bond donors (Lipinski definition) is 1. The summed E-state index contributed by atoms with van der Waals surface area (Å²) in [5.41, 5.74) is -2.05. The van der Waals surface area contributed by atoms with Gasteiger partial charge in [-0.3, -0.25) is 9.58 Å². The lowest BCUT2D eigenvalue weighted by Gasteiger charge is -2.39. The summed E-state index contributed by atoms with van der Waals surface area (Å²) in [6.45, 7) is 1.60. The molecule has 1 N–H and O–H groups in total. The Bertz CT molecular complexity index is 1470. The maximum atomic E-state index is 14.7. The van der Waals surface area contributed by atoms with Crippen LogP contribution in [0.15, 0.2) is 54.7 Å². The number of fused-ring (bicyclic) bond motifs is 1. The largest absolute Gasteiger partial charge is 0.511 e. The van der Waals surface area contributed by atoms with E-state index in [2.05, 4.69) is 10.00 Å². The van der Waals surface area contributed by atoms with E-state index >= 15 is 0 Å². The van der Waals surface area contributed by atoms with Gasteiger partial charge < -0.3 is 4.74 Å². The molecule has 1 aliphatic carbocycles. The molecular weight excluding hydrogens is 548 g/mol. The van der Waals surface area contributed by atoms with Gasteiger partial charge >= 0.3 is 15.5 Å². The number of nitrogens with one attached hydrogen (secondary N) is 1. The Balaban J connectivity index is 1.24. The first-order valence-electron chi connectivity index (χ1n) is 13.3. The lowest BCUT2D eigenvalue weighted by Crippen LogP contribution is -2.54. The molecule has 2 aromatic carbocycles. The van der Waals surface area contributed by atoms with Crippen LogP contribution in [-0.2, 0) is 28.4 Å². The number of rotatable bonds is 8. The molecule has 12 heteroatoms. The third-order valence-electron chi connectivity index (χ3n) is 7.74. The van der Waals surface area contributed by atoms with Crippen molar-refractivity contribution < 1.29 is 30.7 Å². The quantitative estimate of drug-likeness (QED) is 0.380. The highest BCUT2D eigenvalue weighted by Crippen LogP contribution is 2.32. The summed E-state index contributed by atoms with van der Waals surface area (Å²) < 4.78 is 87.4. The SMILES string of the molecule is Cn1ncc2cc(C3=CCC(OC[C@@H]4CN(Cc5ccccc5)CC[C@@H]4NS(=O)(=O)C(F)(F)F)CC3)cc(F)c21. The number of allylic oxidation sites excluding steroid dienone is 1. The molecule has 216 valence electrons. The fourth-order valence-electron chi connectivity index (χ4n) is 5.62. The zero-order valence-electron chi connectivity index (χ0n) is 22.1. The molecular formula is C28H32F4N4O3S. The summed E-state index contributed by atoms with van der Waals surface area (Å²) in [6.07, 6.45) is 5.61. The van der Waals surface area contributed by atoms with Crippen molar-refractivity contribution in [1.29, 1.82) is 0 Å². The van der Waals surface area contributed by atoms with Crippen LogP contribution in [0.3, 0.4) is 0 Å². The summed E-state index contributed by atoms with van der Waals surface area (Å²) >= 11 is 0. The molecule has 1 aliphatic heterocycles. The topological polar surface area (TPSA) is 76.5 Å². The summed E-state index contributed by atoms with van der Waals surface area (Å²) in [5.74, 6) is -0.793. The first-order valence-corrected chi connectivity index (χ1v) is 14.8. The number of nitrogens with zero attached hydrogens (tertiary/aromatic N) is 3. The van der Waals surface area contributed by atoms with Gasteiger partial charge in [-0.25, -0.2) is 17.5 Å². The van der Waals surface area contributed by atoms with Crippen LogP contribution in [0.1, 0.15) is 36.8 Å². The van der Waals surface area contributed by atoms with Gasteiger partial charge in [-0.2, -0.15) is 18.3 Å². The van der Waals surface area contributed by atoms with Crippen LogP contribution < -0.4 is 4.72 Å². The average Bonchev–Trinajstić information content (AvgIpc) is 3.30. The molecule has 0 radical (unpaired) electrons. The molecule has 0 amide bonds. The van der Waals surface area contributed by atoms with E-state index in [1.165, 1.54) is 10.7 Å². The summed E-state index contributed by atoms with van der Waals surface area (Å²) in [4.78, 5) is 2.11. The predicted molar refractivity (Wildman–Crippen MR) is 144 cm³/mol. The van der Waals surface area contributed by atoms with Crippen molar-refractivity contribution in [2.75, 3.05) is 19.7 Å². The number of hydrogen-bond acceptors (Lipinski definition) is 5. The Morgan fingerprint density at radius 2 is 1.93 bits per heavy atom. The number of aryl methyl sites for hydroxylation is 1. The second-order valence-electron chi connectivity index (χ2n) is 10.6. The average molecular weight is 581 g/mol. The lowest BCUT2D eigenvalue weighted by molar-refractivity contribution is -0.0466. The summed E-state index contributed by atoms with van der Waals surface area (Å²) in [5, 5.41) is 4.85. The molecule has 7 nitrogen and oxygen atoms in total. The maximum absolute atomic E-state index is 14.7. The van der Waals surface area contributed by atoms with E-state index in [-0.39, 0.29) is 24.9 Å². The zero-order chi connectivity index (χ0) is 28.5. The van der Waals surface area contributed by atoms with Gasteiger partial charge in [0, 0.05) is 44.0 Å². The van der Waals surface area contributed by atoms with Crippen molar-refractivity contribution >= 4 is 26.5 Å². The maximum Gasteiger partial charge on any atom is 0.511 e. The van der Waals surface area contributed by atoms with Crippen LogP contribution in [0.2, 0.25) is 0 Å². The van der Waals surface area contributed by atoms with E-state index in [1.54, 1.807) is 13.2 Å². The van der Waals surface area contributed by atoms with Crippen molar-refractivity contribution in [3.05, 3.63) is 71.7 Å². The Labute approximate surface area is 230 Å². The first kappa shape index (κ1) is 28.7. The summed E-state index contributed by atoms with van der Waals surface area (Å²) in [7, 11) is -3.78. The smallest absolute Gasteiger partial charge is 0.377 e. The number of likely N-dealkylation sites (tertiary alicyclic amines) is 1. The highest BCUT2D eigenvalue weighted by molar-refractivity contribution is 7.90. The monoisotopic (exact) mass is 580 g/mol. The van der Waals surface area contributed by atoms with Gasteiger partial charge in [0.15, 0.2) is 0 Å². The van der Waals surface area contributed by atoms with E-state index in [0.29, 0.717) is 44.4 Å². The predicted octanol–water partition coefficient (Wildman–Crippen LogP) is 4.99. The molecule has 5 rings (SSSR count). The molecule has 0 bridgehead atoms. The van der Waals surface area contributed by atoms with Crippen LogP contribution in [0.4, 0.5) is 17.6 Å². The third-order valence-corrected chi connectivity index (χ3v) is 8.97. The first-order chi connectivity index (χ1) is 19.0. The molecule has 1 saturated heterocycles. The van der Waals surface area contributed by atoms with Crippen molar-refractivity contribution in [1.82, 2.24) is 19.4 Å². The van der Waals surface area contributed by atoms with Crippen LogP contribution >= 0.6 is 0 Å². The number of piperidine rings is 1. The number of sulfonamides is 1. The Hall–Kier alpha value is -2.80. The van der Waals surface area contributed by atoms with Crippen LogP contribution in [0.25, 0.3) is 16.5 Å². The fraction of sp³-hybridized carbons (Fsp3) is 0.464. The van der Waals surface area contributed by atoms with Gasteiger partial charge in [-0.05, 0) is 54.5 Å². The Morgan fingerprint density at radius 3 is 2.62 bits per heavy atom. The van der Waals surface area contributed by atoms with E-state index in [9.17, 15) is 26.0 Å². The number of ether oxygens (including phenoxy) is 1. The van der Waals surface area contributed by atoms with Gasteiger partial charge in [0.1, 0.15) is 11.3 Å². The molecule has 0 spiro atoms. The Morgan fingerprint density at radius 1 is 1.15 bits per heavy atom. The van der Waals surface area contributed by atoms with Crippen molar-refractivity contribution in [3.63, 3.8) is 0 Å². The van der Waals surface area contributed by atoms with Gasteiger partial charge in [-0.1, -0.05) is 36.4 Å². The number of halogens is 4. The molecule has 2 heterocycles. The van der Waals surface area contributed by atoms with Crippen molar-refractivity contribution in [2.24, 2.45) is 13.0 Å². The van der Waals surface area contributed by atoms with E-state index in [4.69, 9.17) is 4.74 Å². The van der Waals surface area contributed by atoms with Crippen molar-refractivity contribution in [2.45, 2.75) is 49.9 Å². The molecule has 3 aromatic rings. The van der Waals surface area contributed by atoms with Gasteiger partial charge in [0.25, 0.3) is 0 Å².